The number of esters is 1. The van der Waals surface area contributed by atoms with E-state index in [1.165, 1.54) is 7.11 Å². The first-order valence-electron chi connectivity index (χ1n) is 8.85. The van der Waals surface area contributed by atoms with Crippen LogP contribution in [-0.4, -0.2) is 29.8 Å². The topological polar surface area (TPSA) is 77.5 Å². The van der Waals surface area contributed by atoms with Crippen LogP contribution in [-0.2, 0) is 9.47 Å². The molecule has 0 saturated heterocycles. The van der Waals surface area contributed by atoms with Crippen LogP contribution in [0, 0.1) is 0 Å². The summed E-state index contributed by atoms with van der Waals surface area (Å²) < 4.78 is 10.1. The van der Waals surface area contributed by atoms with E-state index in [9.17, 15) is 9.59 Å². The second-order valence-electron chi connectivity index (χ2n) is 7.27. The van der Waals surface area contributed by atoms with E-state index in [0.29, 0.717) is 11.4 Å². The number of nitrogens with one attached hydrogen (secondary N) is 1. The number of nitrogens with zero attached hydrogens (tertiary/aromatic N) is 1. The SMILES string of the molecule is COC(=O)c1cccc(-c2ccc3cccc(NC(=O)OC(C)(C)C)c3c2)n1. The number of aromatic nitrogens is 1. The van der Waals surface area contributed by atoms with E-state index in [2.05, 4.69) is 10.3 Å². The minimum absolute atomic E-state index is 0.236. The summed E-state index contributed by atoms with van der Waals surface area (Å²) in [4.78, 5) is 28.3. The minimum Gasteiger partial charge on any atom is -0.464 e. The molecular formula is C22H22N2O4. The third kappa shape index (κ3) is 4.46. The molecule has 1 heterocycles. The average molecular weight is 378 g/mol. The van der Waals surface area contributed by atoms with Crippen LogP contribution in [0.5, 0.6) is 0 Å². The molecule has 0 fully saturated rings. The minimum atomic E-state index is -0.585. The van der Waals surface area contributed by atoms with Crippen molar-refractivity contribution >= 4 is 28.5 Å². The summed E-state index contributed by atoms with van der Waals surface area (Å²) in [6.45, 7) is 5.44. The van der Waals surface area contributed by atoms with Crippen molar-refractivity contribution in [2.75, 3.05) is 12.4 Å². The van der Waals surface area contributed by atoms with Crippen LogP contribution in [0.25, 0.3) is 22.0 Å². The highest BCUT2D eigenvalue weighted by atomic mass is 16.6. The van der Waals surface area contributed by atoms with Gasteiger partial charge in [-0.15, -0.1) is 0 Å². The third-order valence-corrected chi connectivity index (χ3v) is 3.96. The summed E-state index contributed by atoms with van der Waals surface area (Å²) >= 11 is 0. The molecule has 1 aromatic heterocycles. The normalized spacial score (nSPS) is 11.1. The quantitative estimate of drug-likeness (QED) is 0.646. The molecule has 0 aliphatic heterocycles. The largest absolute Gasteiger partial charge is 0.464 e. The van der Waals surface area contributed by atoms with Crippen molar-refractivity contribution in [3.05, 3.63) is 60.3 Å². The van der Waals surface area contributed by atoms with Gasteiger partial charge in [-0.25, -0.2) is 14.6 Å². The Morgan fingerprint density at radius 1 is 1.00 bits per heavy atom. The summed E-state index contributed by atoms with van der Waals surface area (Å²) in [7, 11) is 1.32. The zero-order valence-corrected chi connectivity index (χ0v) is 16.3. The lowest BCUT2D eigenvalue weighted by molar-refractivity contribution is 0.0592. The molecule has 3 rings (SSSR count). The van der Waals surface area contributed by atoms with Gasteiger partial charge >= 0.3 is 12.1 Å². The number of fused-ring (bicyclic) bond motifs is 1. The molecule has 0 atom stereocenters. The lowest BCUT2D eigenvalue weighted by atomic mass is 10.0. The summed E-state index contributed by atoms with van der Waals surface area (Å²) in [6, 6.07) is 16.6. The number of carbonyl (C=O) groups is 2. The van der Waals surface area contributed by atoms with Crippen LogP contribution in [0.3, 0.4) is 0 Å². The first-order valence-corrected chi connectivity index (χ1v) is 8.85. The van der Waals surface area contributed by atoms with E-state index in [-0.39, 0.29) is 5.69 Å². The molecule has 0 saturated carbocycles. The zero-order valence-electron chi connectivity index (χ0n) is 16.3. The molecule has 3 aromatic rings. The summed E-state index contributed by atoms with van der Waals surface area (Å²) in [6.07, 6.45) is -0.517. The van der Waals surface area contributed by atoms with Gasteiger partial charge in [0.15, 0.2) is 0 Å². The molecule has 0 bridgehead atoms. The highest BCUT2D eigenvalue weighted by Gasteiger charge is 2.17. The molecule has 28 heavy (non-hydrogen) atoms. The Kier molecular flexibility index (Phi) is 5.31. The molecule has 0 unspecified atom stereocenters. The molecule has 1 amide bonds. The van der Waals surface area contributed by atoms with E-state index >= 15 is 0 Å². The van der Waals surface area contributed by atoms with Crippen LogP contribution in [0.1, 0.15) is 31.3 Å². The Bertz CT molecular complexity index is 1040. The number of amides is 1. The van der Waals surface area contributed by atoms with Crippen molar-refractivity contribution in [2.24, 2.45) is 0 Å². The van der Waals surface area contributed by atoms with Gasteiger partial charge < -0.3 is 9.47 Å². The first-order chi connectivity index (χ1) is 13.3. The predicted octanol–water partition coefficient (Wildman–Crippen LogP) is 5.04. The second kappa shape index (κ2) is 7.68. The highest BCUT2D eigenvalue weighted by Crippen LogP contribution is 2.29. The Labute approximate surface area is 163 Å². The molecule has 144 valence electrons. The second-order valence-corrected chi connectivity index (χ2v) is 7.27. The molecule has 0 aliphatic rings. The predicted molar refractivity (Wildman–Crippen MR) is 108 cm³/mol. The maximum Gasteiger partial charge on any atom is 0.412 e. The number of anilines is 1. The number of ether oxygens (including phenoxy) is 2. The lowest BCUT2D eigenvalue weighted by Gasteiger charge is -2.20. The monoisotopic (exact) mass is 378 g/mol. The fourth-order valence-electron chi connectivity index (χ4n) is 2.77. The summed E-state index contributed by atoms with van der Waals surface area (Å²) in [5, 5.41) is 4.61. The fourth-order valence-corrected chi connectivity index (χ4v) is 2.77. The van der Waals surface area contributed by atoms with E-state index in [1.54, 1.807) is 12.1 Å². The van der Waals surface area contributed by atoms with Crippen molar-refractivity contribution in [3.8, 4) is 11.3 Å². The van der Waals surface area contributed by atoms with E-state index in [1.807, 2.05) is 63.2 Å². The van der Waals surface area contributed by atoms with E-state index < -0.39 is 17.7 Å². The van der Waals surface area contributed by atoms with Gasteiger partial charge in [-0.2, -0.15) is 0 Å². The van der Waals surface area contributed by atoms with Crippen molar-refractivity contribution in [2.45, 2.75) is 26.4 Å². The van der Waals surface area contributed by atoms with Crippen LogP contribution in [0.4, 0.5) is 10.5 Å². The number of pyridine rings is 1. The molecule has 1 N–H and O–H groups in total. The molecule has 6 nitrogen and oxygen atoms in total. The fraction of sp³-hybridized carbons (Fsp3) is 0.227. The Morgan fingerprint density at radius 2 is 1.75 bits per heavy atom. The Balaban J connectivity index is 1.99. The van der Waals surface area contributed by atoms with Gasteiger partial charge in [-0.1, -0.05) is 30.3 Å². The third-order valence-electron chi connectivity index (χ3n) is 3.96. The highest BCUT2D eigenvalue weighted by molar-refractivity contribution is 6.01. The maximum atomic E-state index is 12.2. The Hall–Kier alpha value is -3.41. The lowest BCUT2D eigenvalue weighted by Crippen LogP contribution is -2.27. The van der Waals surface area contributed by atoms with E-state index in [0.717, 1.165) is 16.3 Å². The van der Waals surface area contributed by atoms with E-state index in [4.69, 9.17) is 9.47 Å². The van der Waals surface area contributed by atoms with Crippen molar-refractivity contribution in [3.63, 3.8) is 0 Å². The number of methoxy groups -OCH3 is 1. The molecule has 2 aromatic carbocycles. The number of rotatable bonds is 3. The number of hydrogen-bond donors (Lipinski definition) is 1. The molecule has 0 aliphatic carbocycles. The van der Waals surface area contributed by atoms with Crippen molar-refractivity contribution < 1.29 is 19.1 Å². The van der Waals surface area contributed by atoms with Gasteiger partial charge in [0.05, 0.1) is 18.5 Å². The van der Waals surface area contributed by atoms with Gasteiger partial charge in [0.1, 0.15) is 11.3 Å². The molecular weight excluding hydrogens is 356 g/mol. The zero-order chi connectivity index (χ0) is 20.3. The van der Waals surface area contributed by atoms with Crippen LogP contribution < -0.4 is 5.32 Å². The van der Waals surface area contributed by atoms with Crippen molar-refractivity contribution in [1.82, 2.24) is 4.98 Å². The van der Waals surface area contributed by atoms with Gasteiger partial charge in [0.2, 0.25) is 0 Å². The Morgan fingerprint density at radius 3 is 2.46 bits per heavy atom. The molecule has 6 heteroatoms. The molecule has 0 spiro atoms. The molecule has 0 radical (unpaired) electrons. The average Bonchev–Trinajstić information content (AvgIpc) is 2.66. The van der Waals surface area contributed by atoms with Crippen LogP contribution in [0.15, 0.2) is 54.6 Å². The van der Waals surface area contributed by atoms with Gasteiger partial charge in [0.25, 0.3) is 0 Å². The number of hydrogen-bond acceptors (Lipinski definition) is 5. The van der Waals surface area contributed by atoms with Gasteiger partial charge in [-0.05, 0) is 50.4 Å². The van der Waals surface area contributed by atoms with Crippen LogP contribution in [0.2, 0.25) is 0 Å². The van der Waals surface area contributed by atoms with Crippen LogP contribution >= 0.6 is 0 Å². The smallest absolute Gasteiger partial charge is 0.412 e. The number of benzene rings is 2. The standard InChI is InChI=1S/C22H22N2O4/c1-22(2,3)28-21(26)24-18-9-5-7-14-11-12-15(13-16(14)18)17-8-6-10-19(23-17)20(25)27-4/h5-13H,1-4H3,(H,24,26). The first kappa shape index (κ1) is 19.4. The summed E-state index contributed by atoms with van der Waals surface area (Å²) in [5.74, 6) is -0.491. The number of carbonyl (C=O) groups excluding carboxylic acids is 2. The summed E-state index contributed by atoms with van der Waals surface area (Å²) in [5.41, 5.74) is 1.74. The van der Waals surface area contributed by atoms with Gasteiger partial charge in [-0.3, -0.25) is 5.32 Å². The van der Waals surface area contributed by atoms with Crippen molar-refractivity contribution in [1.29, 1.82) is 0 Å². The van der Waals surface area contributed by atoms with Gasteiger partial charge in [0, 0.05) is 10.9 Å². The maximum absolute atomic E-state index is 12.2.